The van der Waals surface area contributed by atoms with E-state index in [1.54, 1.807) is 6.20 Å². The van der Waals surface area contributed by atoms with Crippen LogP contribution in [0.1, 0.15) is 37.9 Å². The summed E-state index contributed by atoms with van der Waals surface area (Å²) in [4.78, 5) is 4.26. The Balaban J connectivity index is 1.60. The summed E-state index contributed by atoms with van der Waals surface area (Å²) in [5, 5.41) is 0. The first-order valence-electron chi connectivity index (χ1n) is 8.60. The summed E-state index contributed by atoms with van der Waals surface area (Å²) in [5.41, 5.74) is 0. The van der Waals surface area contributed by atoms with Gasteiger partial charge in [-0.3, -0.25) is 0 Å². The van der Waals surface area contributed by atoms with Gasteiger partial charge in [-0.2, -0.15) is 0 Å². The van der Waals surface area contributed by atoms with E-state index < -0.39 is 27.6 Å². The summed E-state index contributed by atoms with van der Waals surface area (Å²) in [7, 11) is -2.15. The molecule has 0 spiro atoms. The van der Waals surface area contributed by atoms with Crippen LogP contribution >= 0.6 is 0 Å². The molecule has 24 heavy (non-hydrogen) atoms. The summed E-state index contributed by atoms with van der Waals surface area (Å²) in [6.07, 6.45) is 6.62. The van der Waals surface area contributed by atoms with Crippen LogP contribution < -0.4 is 0 Å². The molecule has 1 aliphatic heterocycles. The molecule has 3 rings (SSSR count). The van der Waals surface area contributed by atoms with Gasteiger partial charge in [-0.1, -0.05) is 6.42 Å². The Morgan fingerprint density at radius 2 is 2.17 bits per heavy atom. The zero-order valence-electron chi connectivity index (χ0n) is 14.0. The average Bonchev–Trinajstić information content (AvgIpc) is 2.97. The molecule has 1 saturated carbocycles. The van der Waals surface area contributed by atoms with Gasteiger partial charge in [0, 0.05) is 51.3 Å². The lowest BCUT2D eigenvalue weighted by atomic mass is 9.87. The number of hydrogen-bond acceptors (Lipinski definition) is 3. The molecule has 136 valence electrons. The number of sulfonamides is 1. The third-order valence-electron chi connectivity index (χ3n) is 5.34. The highest BCUT2D eigenvalue weighted by atomic mass is 32.2. The molecule has 0 amide bonds. The van der Waals surface area contributed by atoms with Crippen molar-refractivity contribution in [1.82, 2.24) is 13.9 Å². The third kappa shape index (κ3) is 3.79. The summed E-state index contributed by atoms with van der Waals surface area (Å²) < 4.78 is 56.3. The standard InChI is InChI=1S/C16H25F2N3O2S/c1-20(10-13-5-6-15-19-8-9-21(15)11-13)24(22,23)12-14-4-2-3-7-16(14,17)18/h8-9,13-14H,2-7,10-12H2,1H3. The number of fused-ring (bicyclic) bond motifs is 1. The summed E-state index contributed by atoms with van der Waals surface area (Å²) >= 11 is 0. The van der Waals surface area contributed by atoms with E-state index in [0.717, 1.165) is 25.2 Å². The van der Waals surface area contributed by atoms with Gasteiger partial charge in [-0.15, -0.1) is 0 Å². The summed E-state index contributed by atoms with van der Waals surface area (Å²) in [5.74, 6) is -3.13. The first-order chi connectivity index (χ1) is 11.3. The minimum absolute atomic E-state index is 0.192. The Morgan fingerprint density at radius 3 is 2.92 bits per heavy atom. The highest BCUT2D eigenvalue weighted by Crippen LogP contribution is 2.39. The number of alkyl halides is 2. The fraction of sp³-hybridized carbons (Fsp3) is 0.812. The molecule has 2 atom stereocenters. The van der Waals surface area contributed by atoms with Crippen molar-refractivity contribution in [3.05, 3.63) is 18.2 Å². The number of rotatable bonds is 5. The molecular formula is C16H25F2N3O2S. The Hall–Kier alpha value is -1.02. The van der Waals surface area contributed by atoms with Gasteiger partial charge in [-0.25, -0.2) is 26.5 Å². The Kier molecular flexibility index (Phi) is 4.97. The van der Waals surface area contributed by atoms with Gasteiger partial charge in [0.2, 0.25) is 10.0 Å². The number of halogens is 2. The van der Waals surface area contributed by atoms with Gasteiger partial charge in [-0.05, 0) is 25.2 Å². The molecule has 0 bridgehead atoms. The number of aromatic nitrogens is 2. The smallest absolute Gasteiger partial charge is 0.251 e. The Labute approximate surface area is 142 Å². The first-order valence-corrected chi connectivity index (χ1v) is 10.2. The third-order valence-corrected chi connectivity index (χ3v) is 7.27. The molecule has 1 aliphatic carbocycles. The van der Waals surface area contributed by atoms with E-state index >= 15 is 0 Å². The maximum absolute atomic E-state index is 14.0. The molecule has 1 aromatic rings. The number of nitrogens with zero attached hydrogens (tertiary/aromatic N) is 3. The normalized spacial score (nSPS) is 27.2. The van der Waals surface area contributed by atoms with Crippen molar-refractivity contribution in [3.63, 3.8) is 0 Å². The van der Waals surface area contributed by atoms with Crippen LogP contribution in [0, 0.1) is 11.8 Å². The van der Waals surface area contributed by atoms with Crippen LogP contribution in [-0.2, 0) is 23.0 Å². The molecule has 1 aromatic heterocycles. The highest BCUT2D eigenvalue weighted by Gasteiger charge is 2.44. The SMILES string of the molecule is CN(CC1CCc2nccn2C1)S(=O)(=O)CC1CCCCC1(F)F. The minimum Gasteiger partial charge on any atom is -0.335 e. The van der Waals surface area contributed by atoms with E-state index in [9.17, 15) is 17.2 Å². The fourth-order valence-electron chi connectivity index (χ4n) is 3.82. The van der Waals surface area contributed by atoms with Crippen LogP contribution in [0.5, 0.6) is 0 Å². The molecule has 1 fully saturated rings. The lowest BCUT2D eigenvalue weighted by molar-refractivity contribution is -0.0772. The first kappa shape index (κ1) is 17.8. The molecule has 0 aromatic carbocycles. The number of imidazole rings is 1. The monoisotopic (exact) mass is 361 g/mol. The maximum atomic E-state index is 14.0. The zero-order valence-corrected chi connectivity index (χ0v) is 14.8. The molecule has 2 aliphatic rings. The predicted octanol–water partition coefficient (Wildman–Crippen LogP) is 2.53. The van der Waals surface area contributed by atoms with Crippen molar-refractivity contribution in [2.75, 3.05) is 19.3 Å². The van der Waals surface area contributed by atoms with E-state index in [1.807, 2.05) is 10.8 Å². The highest BCUT2D eigenvalue weighted by molar-refractivity contribution is 7.89. The van der Waals surface area contributed by atoms with Crippen molar-refractivity contribution in [1.29, 1.82) is 0 Å². The average molecular weight is 361 g/mol. The van der Waals surface area contributed by atoms with E-state index in [4.69, 9.17) is 0 Å². The molecule has 0 N–H and O–H groups in total. The summed E-state index contributed by atoms with van der Waals surface area (Å²) in [6, 6.07) is 0. The van der Waals surface area contributed by atoms with Crippen molar-refractivity contribution >= 4 is 10.0 Å². The van der Waals surface area contributed by atoms with Crippen molar-refractivity contribution < 1.29 is 17.2 Å². The molecule has 5 nitrogen and oxygen atoms in total. The fourth-order valence-corrected chi connectivity index (χ4v) is 5.43. The van der Waals surface area contributed by atoms with Crippen LogP contribution in [0.2, 0.25) is 0 Å². The van der Waals surface area contributed by atoms with Crippen LogP contribution in [0.15, 0.2) is 12.4 Å². The second-order valence-corrected chi connectivity index (χ2v) is 9.28. The molecular weight excluding hydrogens is 336 g/mol. The largest absolute Gasteiger partial charge is 0.335 e. The van der Waals surface area contributed by atoms with Crippen LogP contribution in [0.4, 0.5) is 8.78 Å². The van der Waals surface area contributed by atoms with Gasteiger partial charge >= 0.3 is 0 Å². The zero-order chi connectivity index (χ0) is 17.4. The topological polar surface area (TPSA) is 55.2 Å². The molecule has 8 heteroatoms. The number of aryl methyl sites for hydroxylation is 1. The summed E-state index contributed by atoms with van der Waals surface area (Å²) in [6.45, 7) is 1.10. The van der Waals surface area contributed by atoms with Crippen LogP contribution in [0.25, 0.3) is 0 Å². The predicted molar refractivity (Wildman–Crippen MR) is 87.4 cm³/mol. The second kappa shape index (κ2) is 6.71. The maximum Gasteiger partial charge on any atom is 0.251 e. The van der Waals surface area contributed by atoms with Crippen molar-refractivity contribution in [2.45, 2.75) is 51.0 Å². The number of hydrogen-bond donors (Lipinski definition) is 0. The lowest BCUT2D eigenvalue weighted by Gasteiger charge is -2.33. The van der Waals surface area contributed by atoms with Gasteiger partial charge in [0.05, 0.1) is 5.75 Å². The molecule has 2 heterocycles. The lowest BCUT2D eigenvalue weighted by Crippen LogP contribution is -2.42. The van der Waals surface area contributed by atoms with E-state index in [2.05, 4.69) is 4.98 Å². The second-order valence-electron chi connectivity index (χ2n) is 7.16. The van der Waals surface area contributed by atoms with Crippen molar-refractivity contribution in [2.24, 2.45) is 11.8 Å². The molecule has 2 unspecified atom stereocenters. The molecule has 0 radical (unpaired) electrons. The van der Waals surface area contributed by atoms with E-state index in [1.165, 1.54) is 11.4 Å². The minimum atomic E-state index is -3.67. The van der Waals surface area contributed by atoms with Gasteiger partial charge in [0.1, 0.15) is 5.82 Å². The van der Waals surface area contributed by atoms with Gasteiger partial charge in [0.25, 0.3) is 5.92 Å². The molecule has 0 saturated heterocycles. The van der Waals surface area contributed by atoms with Gasteiger partial charge in [0.15, 0.2) is 0 Å². The van der Waals surface area contributed by atoms with E-state index in [-0.39, 0.29) is 12.3 Å². The quantitative estimate of drug-likeness (QED) is 0.810. The van der Waals surface area contributed by atoms with Gasteiger partial charge < -0.3 is 4.57 Å². The Morgan fingerprint density at radius 1 is 1.38 bits per heavy atom. The van der Waals surface area contributed by atoms with Crippen molar-refractivity contribution in [3.8, 4) is 0 Å². The Bertz CT molecular complexity index is 675. The van der Waals surface area contributed by atoms with Crippen LogP contribution in [0.3, 0.4) is 0 Å². The van der Waals surface area contributed by atoms with E-state index in [0.29, 0.717) is 25.8 Å². The van der Waals surface area contributed by atoms with Crippen LogP contribution in [-0.4, -0.2) is 47.5 Å².